The van der Waals surface area contributed by atoms with E-state index in [1.54, 1.807) is 18.3 Å². The maximum Gasteiger partial charge on any atom is 0.156 e. The highest BCUT2D eigenvalue weighted by atomic mass is 32.1. The van der Waals surface area contributed by atoms with Gasteiger partial charge in [-0.05, 0) is 48.4 Å². The minimum atomic E-state index is 0.174. The summed E-state index contributed by atoms with van der Waals surface area (Å²) in [5.41, 5.74) is 2.16. The third-order valence-corrected chi connectivity index (χ3v) is 3.18. The van der Waals surface area contributed by atoms with Crippen molar-refractivity contribution >= 4 is 23.2 Å². The number of Topliss-reactive ketones (excluding diaryl/α,β-unsaturated/α-hetero) is 1. The Morgan fingerprint density at radius 3 is 2.50 bits per heavy atom. The molecule has 1 rings (SSSR count). The van der Waals surface area contributed by atoms with Crippen LogP contribution in [-0.2, 0) is 4.79 Å². The van der Waals surface area contributed by atoms with E-state index < -0.39 is 0 Å². The number of ketones is 1. The number of carbonyl (C=O) groups excluding carboxylic acids is 1. The van der Waals surface area contributed by atoms with Crippen molar-refractivity contribution in [1.82, 2.24) is 0 Å². The molecule has 76 valence electrons. The summed E-state index contributed by atoms with van der Waals surface area (Å²) < 4.78 is 0. The summed E-state index contributed by atoms with van der Waals surface area (Å²) in [4.78, 5) is 12.6. The van der Waals surface area contributed by atoms with Gasteiger partial charge in [-0.1, -0.05) is 13.8 Å². The fourth-order valence-corrected chi connectivity index (χ4v) is 2.22. The average molecular weight is 208 g/mol. The zero-order valence-corrected chi connectivity index (χ0v) is 9.94. The first-order valence-electron chi connectivity index (χ1n) is 4.79. The molecular formula is C12H16OS. The zero-order chi connectivity index (χ0) is 10.7. The van der Waals surface area contributed by atoms with Crippen LogP contribution in [-0.4, -0.2) is 5.78 Å². The topological polar surface area (TPSA) is 17.1 Å². The molecule has 0 fully saturated rings. The Labute approximate surface area is 89.5 Å². The van der Waals surface area contributed by atoms with Crippen molar-refractivity contribution in [3.63, 3.8) is 0 Å². The fourth-order valence-electron chi connectivity index (χ4n) is 1.35. The molecular weight excluding hydrogens is 192 g/mol. The molecule has 0 spiro atoms. The lowest BCUT2D eigenvalue weighted by molar-refractivity contribution is -0.113. The van der Waals surface area contributed by atoms with Gasteiger partial charge < -0.3 is 0 Å². The van der Waals surface area contributed by atoms with Gasteiger partial charge in [0.25, 0.3) is 0 Å². The molecule has 1 aromatic heterocycles. The predicted octanol–water partition coefficient (Wildman–Crippen LogP) is 3.68. The number of carbonyl (C=O) groups is 1. The third-order valence-electron chi connectivity index (χ3n) is 2.22. The molecule has 1 aromatic rings. The number of rotatable bonds is 3. The Bertz CT molecular complexity index is 358. The Hall–Kier alpha value is -0.890. The van der Waals surface area contributed by atoms with E-state index in [1.165, 1.54) is 10.4 Å². The lowest BCUT2D eigenvalue weighted by atomic mass is 9.98. The molecule has 0 aliphatic carbocycles. The highest BCUT2D eigenvalue weighted by molar-refractivity contribution is 7.11. The van der Waals surface area contributed by atoms with Gasteiger partial charge in [-0.25, -0.2) is 0 Å². The smallest absolute Gasteiger partial charge is 0.156 e. The first-order chi connectivity index (χ1) is 6.52. The van der Waals surface area contributed by atoms with Crippen LogP contribution < -0.4 is 0 Å². The van der Waals surface area contributed by atoms with Crippen LogP contribution in [0.5, 0.6) is 0 Å². The van der Waals surface area contributed by atoms with Crippen LogP contribution in [0.2, 0.25) is 0 Å². The normalized spacial score (nSPS) is 12.2. The molecule has 0 aliphatic heterocycles. The molecule has 14 heavy (non-hydrogen) atoms. The van der Waals surface area contributed by atoms with Crippen molar-refractivity contribution in [2.24, 2.45) is 5.92 Å². The fraction of sp³-hybridized carbons (Fsp3) is 0.417. The average Bonchev–Trinajstić information content (AvgIpc) is 2.46. The summed E-state index contributed by atoms with van der Waals surface area (Å²) in [6.45, 7) is 7.81. The van der Waals surface area contributed by atoms with Crippen LogP contribution in [0.4, 0.5) is 0 Å². The largest absolute Gasteiger partial charge is 0.295 e. The molecule has 1 heterocycles. The van der Waals surface area contributed by atoms with E-state index in [0.717, 1.165) is 5.57 Å². The molecule has 2 heteroatoms. The van der Waals surface area contributed by atoms with E-state index in [0.29, 0.717) is 5.92 Å². The number of aryl methyl sites for hydroxylation is 1. The summed E-state index contributed by atoms with van der Waals surface area (Å²) in [7, 11) is 0. The minimum absolute atomic E-state index is 0.174. The predicted molar refractivity (Wildman–Crippen MR) is 62.6 cm³/mol. The standard InChI is InChI=1S/C12H16OS/c1-8(2)11(10(4)13)7-12-9(3)5-6-14-12/h5-8H,1-4H3/b11-7+. The molecule has 0 amide bonds. The molecule has 0 N–H and O–H groups in total. The highest BCUT2D eigenvalue weighted by Gasteiger charge is 2.09. The minimum Gasteiger partial charge on any atom is -0.295 e. The molecule has 0 bridgehead atoms. The Morgan fingerprint density at radius 1 is 1.50 bits per heavy atom. The number of thiophene rings is 1. The van der Waals surface area contributed by atoms with Gasteiger partial charge in [-0.3, -0.25) is 4.79 Å². The lowest BCUT2D eigenvalue weighted by Gasteiger charge is -2.06. The molecule has 0 unspecified atom stereocenters. The Morgan fingerprint density at radius 2 is 2.14 bits per heavy atom. The highest BCUT2D eigenvalue weighted by Crippen LogP contribution is 2.22. The molecule has 0 aliphatic rings. The SMILES string of the molecule is CC(=O)/C(=C/c1sccc1C)C(C)C. The van der Waals surface area contributed by atoms with Crippen LogP contribution in [0.1, 0.15) is 31.2 Å². The van der Waals surface area contributed by atoms with Gasteiger partial charge in [-0.2, -0.15) is 0 Å². The molecule has 0 aromatic carbocycles. The number of hydrogen-bond acceptors (Lipinski definition) is 2. The van der Waals surface area contributed by atoms with Crippen LogP contribution in [0, 0.1) is 12.8 Å². The van der Waals surface area contributed by atoms with Crippen LogP contribution in [0.15, 0.2) is 17.0 Å². The first-order valence-corrected chi connectivity index (χ1v) is 5.67. The first kappa shape index (κ1) is 11.2. The van der Waals surface area contributed by atoms with E-state index in [1.807, 2.05) is 6.08 Å². The lowest BCUT2D eigenvalue weighted by Crippen LogP contribution is -2.03. The van der Waals surface area contributed by atoms with Crippen LogP contribution in [0.3, 0.4) is 0 Å². The van der Waals surface area contributed by atoms with Gasteiger partial charge in [-0.15, -0.1) is 11.3 Å². The van der Waals surface area contributed by atoms with E-state index in [2.05, 4.69) is 32.2 Å². The van der Waals surface area contributed by atoms with Gasteiger partial charge in [0.05, 0.1) is 0 Å². The van der Waals surface area contributed by atoms with Crippen molar-refractivity contribution < 1.29 is 4.79 Å². The molecule has 0 atom stereocenters. The second-order valence-electron chi connectivity index (χ2n) is 3.78. The third kappa shape index (κ3) is 2.55. The second-order valence-corrected chi connectivity index (χ2v) is 4.73. The quantitative estimate of drug-likeness (QED) is 0.692. The van der Waals surface area contributed by atoms with Crippen molar-refractivity contribution in [2.75, 3.05) is 0 Å². The number of hydrogen-bond donors (Lipinski definition) is 0. The molecule has 1 nitrogen and oxygen atoms in total. The summed E-state index contributed by atoms with van der Waals surface area (Å²) in [5, 5.41) is 2.05. The summed E-state index contributed by atoms with van der Waals surface area (Å²) in [6, 6.07) is 2.08. The molecule has 0 saturated carbocycles. The van der Waals surface area contributed by atoms with E-state index in [9.17, 15) is 4.79 Å². The van der Waals surface area contributed by atoms with Gasteiger partial charge in [0.2, 0.25) is 0 Å². The Kier molecular flexibility index (Phi) is 3.64. The summed E-state index contributed by atoms with van der Waals surface area (Å²) in [6.07, 6.45) is 2.02. The van der Waals surface area contributed by atoms with Gasteiger partial charge in [0, 0.05) is 4.88 Å². The second kappa shape index (κ2) is 4.56. The zero-order valence-electron chi connectivity index (χ0n) is 9.13. The monoisotopic (exact) mass is 208 g/mol. The van der Waals surface area contributed by atoms with Crippen molar-refractivity contribution in [3.8, 4) is 0 Å². The summed E-state index contributed by atoms with van der Waals surface area (Å²) >= 11 is 1.68. The number of allylic oxidation sites excluding steroid dienone is 1. The van der Waals surface area contributed by atoms with Crippen LogP contribution >= 0.6 is 11.3 Å². The maximum absolute atomic E-state index is 11.4. The van der Waals surface area contributed by atoms with Gasteiger partial charge in [0.1, 0.15) is 0 Å². The molecule has 0 saturated heterocycles. The van der Waals surface area contributed by atoms with E-state index in [4.69, 9.17) is 0 Å². The summed E-state index contributed by atoms with van der Waals surface area (Å²) in [5.74, 6) is 0.474. The maximum atomic E-state index is 11.4. The van der Waals surface area contributed by atoms with Crippen LogP contribution in [0.25, 0.3) is 6.08 Å². The van der Waals surface area contributed by atoms with E-state index >= 15 is 0 Å². The van der Waals surface area contributed by atoms with Gasteiger partial charge in [0.15, 0.2) is 5.78 Å². The van der Waals surface area contributed by atoms with Crippen molar-refractivity contribution in [3.05, 3.63) is 27.5 Å². The van der Waals surface area contributed by atoms with Gasteiger partial charge >= 0.3 is 0 Å². The van der Waals surface area contributed by atoms with E-state index in [-0.39, 0.29) is 5.78 Å². The van der Waals surface area contributed by atoms with Crippen molar-refractivity contribution in [2.45, 2.75) is 27.7 Å². The Balaban J connectivity index is 3.06. The van der Waals surface area contributed by atoms with Crippen molar-refractivity contribution in [1.29, 1.82) is 0 Å². The molecule has 0 radical (unpaired) electrons.